The molecule has 2 aliphatic carbocycles. The molecule has 1 heterocycles. The number of nitrogens with one attached hydrogen (secondary N) is 2. The van der Waals surface area contributed by atoms with Crippen molar-refractivity contribution in [1.29, 1.82) is 0 Å². The molecule has 2 N–H and O–H groups in total. The zero-order valence-electron chi connectivity index (χ0n) is 12.6. The minimum atomic E-state index is 0.475. The van der Waals surface area contributed by atoms with Gasteiger partial charge in [-0.05, 0) is 49.0 Å². The maximum absolute atomic E-state index is 4.02. The van der Waals surface area contributed by atoms with Crippen LogP contribution in [0.15, 0.2) is 0 Å². The SMILES string of the molecule is CC1(C)C(NC2CCCC2C2CCCN2)C1(C)C. The van der Waals surface area contributed by atoms with E-state index in [0.717, 1.165) is 24.0 Å². The van der Waals surface area contributed by atoms with E-state index in [1.54, 1.807) is 0 Å². The monoisotopic (exact) mass is 250 g/mol. The van der Waals surface area contributed by atoms with E-state index in [2.05, 4.69) is 38.3 Å². The molecule has 2 nitrogen and oxygen atoms in total. The van der Waals surface area contributed by atoms with Crippen molar-refractivity contribution in [2.24, 2.45) is 16.7 Å². The minimum absolute atomic E-state index is 0.475. The van der Waals surface area contributed by atoms with Crippen molar-refractivity contribution >= 4 is 0 Å². The van der Waals surface area contributed by atoms with Crippen LogP contribution in [0, 0.1) is 16.7 Å². The Labute approximate surface area is 112 Å². The van der Waals surface area contributed by atoms with Crippen LogP contribution < -0.4 is 10.6 Å². The first-order valence-corrected chi connectivity index (χ1v) is 7.94. The fourth-order valence-electron chi connectivity index (χ4n) is 4.58. The Bertz CT molecular complexity index is 301. The van der Waals surface area contributed by atoms with E-state index in [4.69, 9.17) is 0 Å². The summed E-state index contributed by atoms with van der Waals surface area (Å²) in [7, 11) is 0. The van der Waals surface area contributed by atoms with Gasteiger partial charge in [0.2, 0.25) is 0 Å². The molecule has 2 saturated carbocycles. The molecule has 18 heavy (non-hydrogen) atoms. The summed E-state index contributed by atoms with van der Waals surface area (Å²) >= 11 is 0. The molecule has 0 spiro atoms. The van der Waals surface area contributed by atoms with E-state index in [0.29, 0.717) is 10.8 Å². The first-order valence-electron chi connectivity index (χ1n) is 7.94. The van der Waals surface area contributed by atoms with Crippen LogP contribution >= 0.6 is 0 Å². The Kier molecular flexibility index (Phi) is 3.02. The maximum Gasteiger partial charge on any atom is 0.0183 e. The number of hydrogen-bond donors (Lipinski definition) is 2. The minimum Gasteiger partial charge on any atom is -0.314 e. The van der Waals surface area contributed by atoms with Gasteiger partial charge in [-0.15, -0.1) is 0 Å². The third kappa shape index (κ3) is 1.84. The summed E-state index contributed by atoms with van der Waals surface area (Å²) < 4.78 is 0. The molecule has 3 rings (SSSR count). The van der Waals surface area contributed by atoms with E-state index in [-0.39, 0.29) is 0 Å². The van der Waals surface area contributed by atoms with Gasteiger partial charge in [0.25, 0.3) is 0 Å². The number of hydrogen-bond acceptors (Lipinski definition) is 2. The topological polar surface area (TPSA) is 24.1 Å². The van der Waals surface area contributed by atoms with Crippen molar-refractivity contribution in [1.82, 2.24) is 10.6 Å². The molecule has 0 bridgehead atoms. The van der Waals surface area contributed by atoms with E-state index in [1.165, 1.54) is 38.6 Å². The van der Waals surface area contributed by atoms with Gasteiger partial charge in [-0.3, -0.25) is 0 Å². The fraction of sp³-hybridized carbons (Fsp3) is 1.00. The van der Waals surface area contributed by atoms with Crippen LogP contribution in [0.3, 0.4) is 0 Å². The van der Waals surface area contributed by atoms with Crippen molar-refractivity contribution in [2.45, 2.75) is 77.9 Å². The van der Waals surface area contributed by atoms with Crippen LogP contribution in [0.4, 0.5) is 0 Å². The van der Waals surface area contributed by atoms with E-state index < -0.39 is 0 Å². The summed E-state index contributed by atoms with van der Waals surface area (Å²) in [4.78, 5) is 0. The van der Waals surface area contributed by atoms with Gasteiger partial charge in [-0.25, -0.2) is 0 Å². The molecule has 0 aromatic heterocycles. The van der Waals surface area contributed by atoms with Gasteiger partial charge in [0.15, 0.2) is 0 Å². The lowest BCUT2D eigenvalue weighted by atomic mass is 9.93. The van der Waals surface area contributed by atoms with Crippen LogP contribution in [0.25, 0.3) is 0 Å². The Balaban J connectivity index is 1.62. The molecule has 0 aromatic carbocycles. The second-order valence-corrected chi connectivity index (χ2v) is 7.95. The van der Waals surface area contributed by atoms with Crippen LogP contribution in [0.2, 0.25) is 0 Å². The van der Waals surface area contributed by atoms with Crippen LogP contribution in [0.5, 0.6) is 0 Å². The average molecular weight is 250 g/mol. The van der Waals surface area contributed by atoms with Crippen LogP contribution in [0.1, 0.15) is 59.8 Å². The summed E-state index contributed by atoms with van der Waals surface area (Å²) in [6.45, 7) is 10.9. The predicted octanol–water partition coefficient (Wildman–Crippen LogP) is 2.93. The molecule has 3 fully saturated rings. The summed E-state index contributed by atoms with van der Waals surface area (Å²) in [6, 6.07) is 2.29. The molecule has 1 saturated heterocycles. The van der Waals surface area contributed by atoms with E-state index in [1.807, 2.05) is 0 Å². The molecule has 2 heteroatoms. The average Bonchev–Trinajstić information content (AvgIpc) is 2.86. The Morgan fingerprint density at radius 2 is 1.67 bits per heavy atom. The van der Waals surface area contributed by atoms with Crippen molar-refractivity contribution in [3.63, 3.8) is 0 Å². The van der Waals surface area contributed by atoms with Crippen molar-refractivity contribution in [3.05, 3.63) is 0 Å². The fourth-order valence-corrected chi connectivity index (χ4v) is 4.58. The Morgan fingerprint density at radius 1 is 0.944 bits per heavy atom. The summed E-state index contributed by atoms with van der Waals surface area (Å²) in [5.74, 6) is 0.889. The second-order valence-electron chi connectivity index (χ2n) is 7.95. The quantitative estimate of drug-likeness (QED) is 0.805. The highest BCUT2D eigenvalue weighted by atomic mass is 15.1. The highest BCUT2D eigenvalue weighted by Crippen LogP contribution is 2.63. The third-order valence-corrected chi connectivity index (χ3v) is 6.59. The largest absolute Gasteiger partial charge is 0.314 e. The van der Waals surface area contributed by atoms with Gasteiger partial charge in [0, 0.05) is 18.1 Å². The molecule has 104 valence electrons. The summed E-state index contributed by atoms with van der Waals surface area (Å²) in [5.41, 5.74) is 0.951. The van der Waals surface area contributed by atoms with Crippen molar-refractivity contribution in [3.8, 4) is 0 Å². The Hall–Kier alpha value is -0.0800. The van der Waals surface area contributed by atoms with Gasteiger partial charge in [0.05, 0.1) is 0 Å². The van der Waals surface area contributed by atoms with Gasteiger partial charge < -0.3 is 10.6 Å². The lowest BCUT2D eigenvalue weighted by Gasteiger charge is -2.27. The first kappa shape index (κ1) is 12.9. The molecule has 1 aliphatic heterocycles. The van der Waals surface area contributed by atoms with Gasteiger partial charge in [-0.2, -0.15) is 0 Å². The third-order valence-electron chi connectivity index (χ3n) is 6.59. The first-order chi connectivity index (χ1) is 8.44. The molecule has 3 aliphatic rings. The van der Waals surface area contributed by atoms with Crippen LogP contribution in [-0.2, 0) is 0 Å². The smallest absolute Gasteiger partial charge is 0.0183 e. The lowest BCUT2D eigenvalue weighted by molar-refractivity contribution is 0.307. The second kappa shape index (κ2) is 4.21. The molecule has 0 aromatic rings. The van der Waals surface area contributed by atoms with Crippen molar-refractivity contribution < 1.29 is 0 Å². The zero-order chi connectivity index (χ0) is 13.0. The van der Waals surface area contributed by atoms with E-state index >= 15 is 0 Å². The molecule has 0 amide bonds. The van der Waals surface area contributed by atoms with Gasteiger partial charge in [-0.1, -0.05) is 34.1 Å². The van der Waals surface area contributed by atoms with Crippen LogP contribution in [-0.4, -0.2) is 24.7 Å². The normalized spacial score (nSPS) is 42.3. The lowest BCUT2D eigenvalue weighted by Crippen LogP contribution is -2.44. The molecule has 0 radical (unpaired) electrons. The van der Waals surface area contributed by atoms with Crippen molar-refractivity contribution in [2.75, 3.05) is 6.54 Å². The Morgan fingerprint density at radius 3 is 2.22 bits per heavy atom. The molecular formula is C16H30N2. The molecule has 3 atom stereocenters. The summed E-state index contributed by atoms with van der Waals surface area (Å²) in [6.07, 6.45) is 7.04. The van der Waals surface area contributed by atoms with E-state index in [9.17, 15) is 0 Å². The molecule has 3 unspecified atom stereocenters. The highest BCUT2D eigenvalue weighted by molar-refractivity contribution is 5.19. The molecular weight excluding hydrogens is 220 g/mol. The standard InChI is InChI=1S/C16H30N2/c1-15(2)14(16(15,3)4)18-13-8-5-7-11(13)12-9-6-10-17-12/h11-14,17-18H,5-10H2,1-4H3. The number of rotatable bonds is 3. The maximum atomic E-state index is 4.02. The highest BCUT2D eigenvalue weighted by Gasteiger charge is 2.65. The summed E-state index contributed by atoms with van der Waals surface area (Å²) in [5, 5.41) is 7.74. The zero-order valence-corrected chi connectivity index (χ0v) is 12.6. The van der Waals surface area contributed by atoms with Gasteiger partial charge in [0.1, 0.15) is 0 Å². The van der Waals surface area contributed by atoms with Gasteiger partial charge >= 0.3 is 0 Å². The predicted molar refractivity (Wildman–Crippen MR) is 76.6 cm³/mol.